The van der Waals surface area contributed by atoms with Crippen molar-refractivity contribution in [3.63, 3.8) is 0 Å². The number of rotatable bonds is 7. The van der Waals surface area contributed by atoms with E-state index in [0.717, 1.165) is 17.1 Å². The van der Waals surface area contributed by atoms with Crippen molar-refractivity contribution >= 4 is 28.8 Å². The van der Waals surface area contributed by atoms with E-state index in [1.165, 1.54) is 18.4 Å². The summed E-state index contributed by atoms with van der Waals surface area (Å²) in [6.07, 6.45) is 0.856. The molecule has 1 aromatic carbocycles. The molecule has 0 radical (unpaired) electrons. The fourth-order valence-electron chi connectivity index (χ4n) is 1.94. The van der Waals surface area contributed by atoms with Gasteiger partial charge in [0.1, 0.15) is 5.01 Å². The maximum atomic E-state index is 12.3. The topological polar surface area (TPSA) is 60.5 Å². The molecule has 124 valence electrons. The van der Waals surface area contributed by atoms with Gasteiger partial charge < -0.3 is 14.8 Å². The lowest BCUT2D eigenvalue weighted by molar-refractivity contribution is 0.0950. The molecule has 0 aliphatic heterocycles. The Morgan fingerprint density at radius 1 is 1.43 bits per heavy atom. The monoisotopic (exact) mass is 354 g/mol. The average molecular weight is 355 g/mol. The maximum absolute atomic E-state index is 12.3. The second-order valence-electron chi connectivity index (χ2n) is 4.90. The van der Waals surface area contributed by atoms with E-state index in [0.29, 0.717) is 35.2 Å². The third kappa shape index (κ3) is 4.59. The average Bonchev–Trinajstić information content (AvgIpc) is 2.96. The number of hydrogen-bond donors (Lipinski definition) is 1. The standard InChI is InChI=1S/C16H19ClN2O3S/c1-4-5-22-15-12(17)6-11(7-13(15)21-3)16(20)18-8-14-19-10(2)9-23-14/h6-7,9H,4-5,8H2,1-3H3,(H,18,20). The summed E-state index contributed by atoms with van der Waals surface area (Å²) in [5.41, 5.74) is 1.37. The number of nitrogens with zero attached hydrogens (tertiary/aromatic N) is 1. The van der Waals surface area contributed by atoms with Gasteiger partial charge in [-0.3, -0.25) is 4.79 Å². The van der Waals surface area contributed by atoms with Gasteiger partial charge in [0.05, 0.1) is 25.3 Å². The number of aryl methyl sites for hydroxylation is 1. The van der Waals surface area contributed by atoms with Crippen molar-refractivity contribution in [2.75, 3.05) is 13.7 Å². The molecule has 5 nitrogen and oxygen atoms in total. The van der Waals surface area contributed by atoms with Crippen LogP contribution < -0.4 is 14.8 Å². The number of thiazole rings is 1. The van der Waals surface area contributed by atoms with Crippen LogP contribution in [0.3, 0.4) is 0 Å². The van der Waals surface area contributed by atoms with Crippen LogP contribution in [-0.4, -0.2) is 24.6 Å². The minimum atomic E-state index is -0.236. The van der Waals surface area contributed by atoms with Crippen LogP contribution in [0.1, 0.15) is 34.4 Å². The molecule has 0 saturated heterocycles. The summed E-state index contributed by atoms with van der Waals surface area (Å²) in [5.74, 6) is 0.671. The summed E-state index contributed by atoms with van der Waals surface area (Å²) < 4.78 is 10.9. The molecule has 7 heteroatoms. The molecule has 0 atom stereocenters. The summed E-state index contributed by atoms with van der Waals surface area (Å²) in [6, 6.07) is 3.21. The number of halogens is 1. The highest BCUT2D eigenvalue weighted by atomic mass is 35.5. The Morgan fingerprint density at radius 3 is 2.83 bits per heavy atom. The minimum Gasteiger partial charge on any atom is -0.493 e. The van der Waals surface area contributed by atoms with Gasteiger partial charge in [0, 0.05) is 16.6 Å². The normalized spacial score (nSPS) is 10.4. The molecule has 1 N–H and O–H groups in total. The van der Waals surface area contributed by atoms with Crippen LogP contribution in [0.4, 0.5) is 0 Å². The molecule has 1 aromatic heterocycles. The lowest BCUT2D eigenvalue weighted by Gasteiger charge is -2.13. The molecule has 0 saturated carbocycles. The highest BCUT2D eigenvalue weighted by Gasteiger charge is 2.16. The molecule has 2 rings (SSSR count). The molecular weight excluding hydrogens is 336 g/mol. The van der Waals surface area contributed by atoms with Crippen molar-refractivity contribution in [1.29, 1.82) is 0 Å². The van der Waals surface area contributed by atoms with E-state index in [-0.39, 0.29) is 5.91 Å². The Hall–Kier alpha value is -1.79. The van der Waals surface area contributed by atoms with Crippen molar-refractivity contribution in [1.82, 2.24) is 10.3 Å². The molecule has 0 aliphatic rings. The third-order valence-electron chi connectivity index (χ3n) is 3.01. The van der Waals surface area contributed by atoms with Gasteiger partial charge in [-0.05, 0) is 25.5 Å². The van der Waals surface area contributed by atoms with Crippen molar-refractivity contribution in [2.45, 2.75) is 26.8 Å². The van der Waals surface area contributed by atoms with Crippen LogP contribution in [0, 0.1) is 6.92 Å². The largest absolute Gasteiger partial charge is 0.493 e. The number of amides is 1. The SMILES string of the molecule is CCCOc1c(Cl)cc(C(=O)NCc2nc(C)cs2)cc1OC. The van der Waals surface area contributed by atoms with Crippen LogP contribution in [0.15, 0.2) is 17.5 Å². The fraction of sp³-hybridized carbons (Fsp3) is 0.375. The van der Waals surface area contributed by atoms with E-state index < -0.39 is 0 Å². The Bertz CT molecular complexity index is 688. The van der Waals surface area contributed by atoms with Crippen molar-refractivity contribution in [3.8, 4) is 11.5 Å². The van der Waals surface area contributed by atoms with E-state index in [1.807, 2.05) is 19.2 Å². The molecule has 0 fully saturated rings. The van der Waals surface area contributed by atoms with Crippen LogP contribution in [0.25, 0.3) is 0 Å². The summed E-state index contributed by atoms with van der Waals surface area (Å²) in [6.45, 7) is 4.83. The number of methoxy groups -OCH3 is 1. The quantitative estimate of drug-likeness (QED) is 0.820. The van der Waals surface area contributed by atoms with Crippen LogP contribution >= 0.6 is 22.9 Å². The first-order valence-electron chi connectivity index (χ1n) is 7.24. The van der Waals surface area contributed by atoms with Gasteiger partial charge in [-0.15, -0.1) is 11.3 Å². The van der Waals surface area contributed by atoms with Crippen molar-refractivity contribution in [3.05, 3.63) is 38.8 Å². The predicted octanol–water partition coefficient (Wildman–Crippen LogP) is 3.83. The molecule has 1 heterocycles. The molecular formula is C16H19ClN2O3S. The number of ether oxygens (including phenoxy) is 2. The second-order valence-corrected chi connectivity index (χ2v) is 6.25. The van der Waals surface area contributed by atoms with E-state index in [9.17, 15) is 4.79 Å². The highest BCUT2D eigenvalue weighted by molar-refractivity contribution is 7.09. The zero-order valence-electron chi connectivity index (χ0n) is 13.3. The maximum Gasteiger partial charge on any atom is 0.251 e. The first kappa shape index (κ1) is 17.6. The lowest BCUT2D eigenvalue weighted by atomic mass is 10.2. The van der Waals surface area contributed by atoms with Gasteiger partial charge in [-0.25, -0.2) is 4.98 Å². The van der Waals surface area contributed by atoms with Crippen LogP contribution in [-0.2, 0) is 6.54 Å². The number of benzene rings is 1. The fourth-order valence-corrected chi connectivity index (χ4v) is 2.91. The second kappa shape index (κ2) is 8.17. The molecule has 23 heavy (non-hydrogen) atoms. The van der Waals surface area contributed by atoms with Crippen LogP contribution in [0.5, 0.6) is 11.5 Å². The predicted molar refractivity (Wildman–Crippen MR) is 91.8 cm³/mol. The highest BCUT2D eigenvalue weighted by Crippen LogP contribution is 2.36. The number of nitrogens with one attached hydrogen (secondary N) is 1. The van der Waals surface area contributed by atoms with Crippen molar-refractivity contribution in [2.24, 2.45) is 0 Å². The summed E-state index contributed by atoms with van der Waals surface area (Å²) in [7, 11) is 1.52. The first-order valence-corrected chi connectivity index (χ1v) is 8.50. The zero-order chi connectivity index (χ0) is 16.8. The minimum absolute atomic E-state index is 0.236. The molecule has 1 amide bonds. The number of carbonyl (C=O) groups is 1. The number of aromatic nitrogens is 1. The summed E-state index contributed by atoms with van der Waals surface area (Å²) in [5, 5.41) is 5.98. The zero-order valence-corrected chi connectivity index (χ0v) is 14.9. The van der Waals surface area contributed by atoms with Crippen LogP contribution in [0.2, 0.25) is 5.02 Å². The van der Waals surface area contributed by atoms with Gasteiger partial charge in [-0.2, -0.15) is 0 Å². The molecule has 2 aromatic rings. The Balaban J connectivity index is 2.12. The van der Waals surface area contributed by atoms with Gasteiger partial charge >= 0.3 is 0 Å². The van der Waals surface area contributed by atoms with Gasteiger partial charge in [0.15, 0.2) is 11.5 Å². The first-order chi connectivity index (χ1) is 11.0. The van der Waals surface area contributed by atoms with E-state index >= 15 is 0 Å². The van der Waals surface area contributed by atoms with Gasteiger partial charge in [0.2, 0.25) is 0 Å². The Labute approximate surface area is 144 Å². The molecule has 0 unspecified atom stereocenters. The molecule has 0 aliphatic carbocycles. The van der Waals surface area contributed by atoms with Crippen molar-refractivity contribution < 1.29 is 14.3 Å². The summed E-state index contributed by atoms with van der Waals surface area (Å²) >= 11 is 7.73. The van der Waals surface area contributed by atoms with E-state index in [1.54, 1.807) is 12.1 Å². The number of hydrogen-bond acceptors (Lipinski definition) is 5. The number of carbonyl (C=O) groups excluding carboxylic acids is 1. The Morgan fingerprint density at radius 2 is 2.22 bits per heavy atom. The smallest absolute Gasteiger partial charge is 0.251 e. The third-order valence-corrected chi connectivity index (χ3v) is 4.26. The Kier molecular flexibility index (Phi) is 6.24. The van der Waals surface area contributed by atoms with Gasteiger partial charge in [-0.1, -0.05) is 18.5 Å². The van der Waals surface area contributed by atoms with Gasteiger partial charge in [0.25, 0.3) is 5.91 Å². The van der Waals surface area contributed by atoms with E-state index in [4.69, 9.17) is 21.1 Å². The lowest BCUT2D eigenvalue weighted by Crippen LogP contribution is -2.22. The van der Waals surface area contributed by atoms with E-state index in [2.05, 4.69) is 10.3 Å². The summed E-state index contributed by atoms with van der Waals surface area (Å²) in [4.78, 5) is 16.6. The molecule has 0 bridgehead atoms. The molecule has 0 spiro atoms.